The first-order valence-corrected chi connectivity index (χ1v) is 11.2. The van der Waals surface area contributed by atoms with E-state index in [-0.39, 0.29) is 12.1 Å². The van der Waals surface area contributed by atoms with Gasteiger partial charge in [0.2, 0.25) is 0 Å². The Morgan fingerprint density at radius 1 is 0.727 bits per heavy atom. The first-order valence-electron chi connectivity index (χ1n) is 11.2. The van der Waals surface area contributed by atoms with Gasteiger partial charge in [0, 0.05) is 23.4 Å². The van der Waals surface area contributed by atoms with Crippen molar-refractivity contribution in [2.75, 3.05) is 11.9 Å². The van der Waals surface area contributed by atoms with Crippen molar-refractivity contribution in [1.82, 2.24) is 4.90 Å². The van der Waals surface area contributed by atoms with E-state index in [1.54, 1.807) is 0 Å². The molecule has 1 N–H and O–H groups in total. The smallest absolute Gasteiger partial charge is 0.256 e. The van der Waals surface area contributed by atoms with Crippen molar-refractivity contribution < 1.29 is 9.53 Å². The number of amides is 1. The summed E-state index contributed by atoms with van der Waals surface area (Å²) in [4.78, 5) is 15.1. The molecule has 0 fully saturated rings. The number of nitrogens with one attached hydrogen (secondary N) is 1. The standard InChI is InChI=1S/C29H26N2O2/c32-29-27-14-8-7-13-26(27)28(31(29)20-19-22-9-3-1-4-10-22)30-24-15-17-25(18-16-24)33-21-23-11-5-2-6-12-23/h1-18,28,30H,19-21H2/t28-/m0/s1. The number of carbonyl (C=O) groups excluding carboxylic acids is 1. The molecule has 33 heavy (non-hydrogen) atoms. The third-order valence-corrected chi connectivity index (χ3v) is 5.95. The van der Waals surface area contributed by atoms with Crippen LogP contribution in [0.25, 0.3) is 0 Å². The Bertz CT molecular complexity index is 1210. The van der Waals surface area contributed by atoms with Crippen LogP contribution < -0.4 is 10.1 Å². The van der Waals surface area contributed by atoms with Crippen molar-refractivity contribution in [3.63, 3.8) is 0 Å². The molecule has 1 aliphatic rings. The maximum Gasteiger partial charge on any atom is 0.256 e. The number of benzene rings is 4. The fraction of sp³-hybridized carbons (Fsp3) is 0.138. The normalized spacial score (nSPS) is 14.7. The Balaban J connectivity index is 1.29. The molecule has 4 aromatic carbocycles. The summed E-state index contributed by atoms with van der Waals surface area (Å²) in [7, 11) is 0. The Labute approximate surface area is 194 Å². The van der Waals surface area contributed by atoms with Gasteiger partial charge in [-0.05, 0) is 47.9 Å². The van der Waals surface area contributed by atoms with Gasteiger partial charge >= 0.3 is 0 Å². The summed E-state index contributed by atoms with van der Waals surface area (Å²) in [5.41, 5.74) is 5.09. The molecule has 1 amide bonds. The fourth-order valence-electron chi connectivity index (χ4n) is 4.20. The molecule has 0 bridgehead atoms. The van der Waals surface area contributed by atoms with Crippen LogP contribution in [-0.4, -0.2) is 17.4 Å². The van der Waals surface area contributed by atoms with Crippen LogP contribution in [0.3, 0.4) is 0 Å². The summed E-state index contributed by atoms with van der Waals surface area (Å²) in [6.07, 6.45) is 0.610. The SMILES string of the molecule is O=C1c2ccccc2[C@@H](Nc2ccc(OCc3ccccc3)cc2)N1CCc1ccccc1. The molecular weight excluding hydrogens is 408 g/mol. The van der Waals surface area contributed by atoms with Crippen LogP contribution in [0.1, 0.15) is 33.2 Å². The molecule has 0 saturated heterocycles. The highest BCUT2D eigenvalue weighted by Crippen LogP contribution is 2.34. The summed E-state index contributed by atoms with van der Waals surface area (Å²) in [6, 6.07) is 36.2. The predicted molar refractivity (Wildman–Crippen MR) is 131 cm³/mol. The van der Waals surface area contributed by atoms with Gasteiger partial charge in [-0.3, -0.25) is 4.79 Å². The number of ether oxygens (including phenoxy) is 1. The summed E-state index contributed by atoms with van der Waals surface area (Å²) in [5.74, 6) is 0.884. The van der Waals surface area contributed by atoms with Crippen LogP contribution in [-0.2, 0) is 13.0 Å². The van der Waals surface area contributed by atoms with E-state index in [0.717, 1.165) is 34.5 Å². The molecule has 4 nitrogen and oxygen atoms in total. The van der Waals surface area contributed by atoms with Crippen LogP contribution in [0.5, 0.6) is 5.75 Å². The van der Waals surface area contributed by atoms with Gasteiger partial charge in [-0.15, -0.1) is 0 Å². The van der Waals surface area contributed by atoms with E-state index >= 15 is 0 Å². The molecule has 0 saturated carbocycles. The van der Waals surface area contributed by atoms with Crippen LogP contribution >= 0.6 is 0 Å². The van der Waals surface area contributed by atoms with E-state index in [1.807, 2.05) is 89.8 Å². The van der Waals surface area contributed by atoms with Crippen molar-refractivity contribution in [1.29, 1.82) is 0 Å². The minimum absolute atomic E-state index is 0.0712. The van der Waals surface area contributed by atoms with Crippen LogP contribution in [0.4, 0.5) is 5.69 Å². The zero-order valence-electron chi connectivity index (χ0n) is 18.4. The Hall–Kier alpha value is -4.05. The van der Waals surface area contributed by atoms with Gasteiger partial charge < -0.3 is 15.0 Å². The molecule has 0 radical (unpaired) electrons. The maximum atomic E-state index is 13.2. The molecule has 0 aliphatic carbocycles. The van der Waals surface area contributed by atoms with Crippen molar-refractivity contribution in [3.8, 4) is 5.75 Å². The Morgan fingerprint density at radius 3 is 2.09 bits per heavy atom. The topological polar surface area (TPSA) is 41.6 Å². The number of hydrogen-bond acceptors (Lipinski definition) is 3. The highest BCUT2D eigenvalue weighted by atomic mass is 16.5. The number of hydrogen-bond donors (Lipinski definition) is 1. The van der Waals surface area contributed by atoms with Gasteiger partial charge in [0.25, 0.3) is 5.91 Å². The van der Waals surface area contributed by atoms with Crippen molar-refractivity contribution in [2.24, 2.45) is 0 Å². The first kappa shape index (κ1) is 20.8. The molecular formula is C29H26N2O2. The molecule has 0 spiro atoms. The van der Waals surface area contributed by atoms with E-state index in [9.17, 15) is 4.79 Å². The second-order valence-corrected chi connectivity index (χ2v) is 8.17. The lowest BCUT2D eigenvalue weighted by Gasteiger charge is -2.27. The Kier molecular flexibility index (Phi) is 6.07. The Morgan fingerprint density at radius 2 is 1.36 bits per heavy atom. The van der Waals surface area contributed by atoms with Crippen LogP contribution in [0.2, 0.25) is 0 Å². The molecule has 164 valence electrons. The van der Waals surface area contributed by atoms with Crippen molar-refractivity contribution >= 4 is 11.6 Å². The molecule has 4 aromatic rings. The van der Waals surface area contributed by atoms with E-state index in [4.69, 9.17) is 4.74 Å². The average Bonchev–Trinajstić information content (AvgIpc) is 3.14. The zero-order valence-corrected chi connectivity index (χ0v) is 18.4. The highest BCUT2D eigenvalue weighted by molar-refractivity contribution is 5.99. The molecule has 1 atom stereocenters. The van der Waals surface area contributed by atoms with Gasteiger partial charge in [-0.25, -0.2) is 0 Å². The van der Waals surface area contributed by atoms with Crippen LogP contribution in [0, 0.1) is 0 Å². The maximum absolute atomic E-state index is 13.2. The van der Waals surface area contributed by atoms with Gasteiger partial charge in [0.15, 0.2) is 0 Å². The third kappa shape index (κ3) is 4.75. The second kappa shape index (κ2) is 9.61. The molecule has 4 heteroatoms. The van der Waals surface area contributed by atoms with Gasteiger partial charge in [0.05, 0.1) is 0 Å². The number of rotatable bonds is 8. The zero-order chi connectivity index (χ0) is 22.5. The number of anilines is 1. The number of carbonyl (C=O) groups is 1. The lowest BCUT2D eigenvalue weighted by atomic mass is 10.1. The number of fused-ring (bicyclic) bond motifs is 1. The van der Waals surface area contributed by atoms with Crippen molar-refractivity contribution in [2.45, 2.75) is 19.2 Å². The van der Waals surface area contributed by atoms with Gasteiger partial charge in [0.1, 0.15) is 18.5 Å². The van der Waals surface area contributed by atoms with Crippen molar-refractivity contribution in [3.05, 3.63) is 131 Å². The van der Waals surface area contributed by atoms with Crippen LogP contribution in [0.15, 0.2) is 109 Å². The van der Waals surface area contributed by atoms with E-state index < -0.39 is 0 Å². The number of nitrogens with zero attached hydrogens (tertiary/aromatic N) is 1. The minimum Gasteiger partial charge on any atom is -0.489 e. The lowest BCUT2D eigenvalue weighted by molar-refractivity contribution is 0.0745. The molecule has 0 unspecified atom stereocenters. The summed E-state index contributed by atoms with van der Waals surface area (Å²) < 4.78 is 5.91. The third-order valence-electron chi connectivity index (χ3n) is 5.95. The first-order chi connectivity index (χ1) is 16.3. The minimum atomic E-state index is -0.200. The summed E-state index contributed by atoms with van der Waals surface area (Å²) >= 11 is 0. The van der Waals surface area contributed by atoms with Gasteiger partial charge in [-0.2, -0.15) is 0 Å². The largest absolute Gasteiger partial charge is 0.489 e. The quantitative estimate of drug-likeness (QED) is 0.366. The predicted octanol–water partition coefficient (Wildman–Crippen LogP) is 6.07. The molecule has 1 aliphatic heterocycles. The molecule has 0 aromatic heterocycles. The lowest BCUT2D eigenvalue weighted by Crippen LogP contribution is -2.34. The summed E-state index contributed by atoms with van der Waals surface area (Å²) in [6.45, 7) is 1.18. The van der Waals surface area contributed by atoms with E-state index in [0.29, 0.717) is 13.2 Å². The summed E-state index contributed by atoms with van der Waals surface area (Å²) in [5, 5.41) is 3.56. The monoisotopic (exact) mass is 434 g/mol. The van der Waals surface area contributed by atoms with E-state index in [2.05, 4.69) is 29.6 Å². The second-order valence-electron chi connectivity index (χ2n) is 8.17. The average molecular weight is 435 g/mol. The fourth-order valence-corrected chi connectivity index (χ4v) is 4.20. The van der Waals surface area contributed by atoms with Gasteiger partial charge in [-0.1, -0.05) is 78.9 Å². The van der Waals surface area contributed by atoms with E-state index in [1.165, 1.54) is 5.56 Å². The molecule has 1 heterocycles. The highest BCUT2D eigenvalue weighted by Gasteiger charge is 2.36. The molecule has 5 rings (SSSR count).